The van der Waals surface area contributed by atoms with Gasteiger partial charge in [0.1, 0.15) is 12.4 Å². The fourth-order valence-corrected chi connectivity index (χ4v) is 2.83. The maximum absolute atomic E-state index is 11.9. The molecule has 1 atom stereocenters. The highest BCUT2D eigenvalue weighted by atomic mass is 16.6. The lowest BCUT2D eigenvalue weighted by molar-refractivity contribution is -0.143. The lowest BCUT2D eigenvalue weighted by Gasteiger charge is -2.24. The molecule has 0 saturated heterocycles. The summed E-state index contributed by atoms with van der Waals surface area (Å²) in [5.74, 6) is -0.748. The van der Waals surface area contributed by atoms with Gasteiger partial charge in [-0.3, -0.25) is 4.90 Å². The summed E-state index contributed by atoms with van der Waals surface area (Å²) >= 11 is 0. The van der Waals surface area contributed by atoms with Gasteiger partial charge < -0.3 is 25.2 Å². The number of nitrogens with zero attached hydrogens (tertiary/aromatic N) is 1. The molecular weight excluding hydrogens is 414 g/mol. The van der Waals surface area contributed by atoms with Crippen molar-refractivity contribution >= 4 is 23.8 Å². The van der Waals surface area contributed by atoms with E-state index in [4.69, 9.17) is 9.47 Å². The van der Waals surface area contributed by atoms with Gasteiger partial charge in [0.25, 0.3) is 0 Å². The van der Waals surface area contributed by atoms with Crippen LogP contribution in [0.4, 0.5) is 15.3 Å². The molecular formula is C23H29N3O6. The van der Waals surface area contributed by atoms with Crippen LogP contribution in [0.1, 0.15) is 20.3 Å². The summed E-state index contributed by atoms with van der Waals surface area (Å²) in [5, 5.41) is 15.0. The van der Waals surface area contributed by atoms with Gasteiger partial charge in [0.05, 0.1) is 6.61 Å². The van der Waals surface area contributed by atoms with Crippen molar-refractivity contribution in [3.8, 4) is 16.9 Å². The second-order valence-corrected chi connectivity index (χ2v) is 6.96. The molecule has 0 fully saturated rings. The van der Waals surface area contributed by atoms with Crippen molar-refractivity contribution in [1.29, 1.82) is 0 Å². The van der Waals surface area contributed by atoms with Crippen LogP contribution < -0.4 is 15.4 Å². The Bertz CT molecular complexity index is 933. The van der Waals surface area contributed by atoms with Gasteiger partial charge >= 0.3 is 18.1 Å². The first-order valence-corrected chi connectivity index (χ1v) is 10.4. The Morgan fingerprint density at radius 1 is 1.06 bits per heavy atom. The summed E-state index contributed by atoms with van der Waals surface area (Å²) in [5.41, 5.74) is 2.32. The Morgan fingerprint density at radius 3 is 2.41 bits per heavy atom. The van der Waals surface area contributed by atoms with Crippen molar-refractivity contribution in [2.75, 3.05) is 32.1 Å². The summed E-state index contributed by atoms with van der Waals surface area (Å²) < 4.78 is 10.5. The number of hydrogen-bond acceptors (Lipinski definition) is 5. The largest absolute Gasteiger partial charge is 0.491 e. The van der Waals surface area contributed by atoms with Crippen molar-refractivity contribution in [2.45, 2.75) is 26.3 Å². The second kappa shape index (κ2) is 12.2. The van der Waals surface area contributed by atoms with Crippen LogP contribution in [-0.2, 0) is 9.53 Å². The molecule has 0 saturated carbocycles. The number of urea groups is 1. The maximum Gasteiger partial charge on any atom is 0.410 e. The van der Waals surface area contributed by atoms with E-state index in [0.717, 1.165) is 22.4 Å². The molecule has 0 aliphatic rings. The van der Waals surface area contributed by atoms with Gasteiger partial charge in [0.2, 0.25) is 0 Å². The van der Waals surface area contributed by atoms with E-state index in [1.165, 1.54) is 7.05 Å². The molecule has 172 valence electrons. The Balaban J connectivity index is 2.10. The highest BCUT2D eigenvalue weighted by molar-refractivity contribution is 5.90. The minimum absolute atomic E-state index is 0.145. The highest BCUT2D eigenvalue weighted by Crippen LogP contribution is 2.26. The van der Waals surface area contributed by atoms with E-state index in [1.807, 2.05) is 31.2 Å². The average molecular weight is 444 g/mol. The first-order chi connectivity index (χ1) is 15.3. The number of aliphatic carboxylic acids is 1. The minimum atomic E-state index is -1.20. The van der Waals surface area contributed by atoms with Crippen LogP contribution in [0.2, 0.25) is 0 Å². The molecule has 1 unspecified atom stereocenters. The molecule has 0 bridgehead atoms. The highest BCUT2D eigenvalue weighted by Gasteiger charge is 2.28. The summed E-state index contributed by atoms with van der Waals surface area (Å²) in [6, 6.07) is 13.0. The molecule has 0 aliphatic heterocycles. The Labute approximate surface area is 187 Å². The predicted octanol–water partition coefficient (Wildman–Crippen LogP) is 3.81. The van der Waals surface area contributed by atoms with Crippen molar-refractivity contribution in [2.24, 2.45) is 0 Å². The van der Waals surface area contributed by atoms with E-state index in [0.29, 0.717) is 18.0 Å². The van der Waals surface area contributed by atoms with E-state index in [2.05, 4.69) is 10.6 Å². The molecule has 3 amide bonds. The molecule has 3 N–H and O–H groups in total. The lowest BCUT2D eigenvalue weighted by Crippen LogP contribution is -2.46. The molecule has 9 heteroatoms. The zero-order chi connectivity index (χ0) is 23.5. The SMILES string of the molecule is CCCNC(=O)Nc1cccc(-c2cccc(OCC(C(=O)O)N(C)C(=O)OCC)c2)c1. The van der Waals surface area contributed by atoms with Gasteiger partial charge in [-0.15, -0.1) is 0 Å². The zero-order valence-electron chi connectivity index (χ0n) is 18.5. The van der Waals surface area contributed by atoms with Gasteiger partial charge in [0.15, 0.2) is 6.04 Å². The Morgan fingerprint density at radius 2 is 1.75 bits per heavy atom. The standard InChI is InChI=1S/C23H29N3O6/c1-4-12-24-22(29)25-18-10-6-8-16(13-18)17-9-7-11-19(14-17)32-15-20(21(27)28)26(3)23(30)31-5-2/h6-11,13-14,20H,4-5,12,15H2,1-3H3,(H,27,28)(H2,24,25,29). The van der Waals surface area contributed by atoms with Crippen LogP contribution in [0.25, 0.3) is 11.1 Å². The van der Waals surface area contributed by atoms with Crippen LogP contribution in [0.15, 0.2) is 48.5 Å². The van der Waals surface area contributed by atoms with E-state index >= 15 is 0 Å². The Hall–Kier alpha value is -3.75. The van der Waals surface area contributed by atoms with Crippen molar-refractivity contribution < 1.29 is 29.0 Å². The molecule has 2 aromatic carbocycles. The molecule has 0 aliphatic carbocycles. The lowest BCUT2D eigenvalue weighted by atomic mass is 10.0. The average Bonchev–Trinajstić information content (AvgIpc) is 2.78. The summed E-state index contributed by atoms with van der Waals surface area (Å²) in [6.07, 6.45) is 0.114. The quantitative estimate of drug-likeness (QED) is 0.514. The first-order valence-electron chi connectivity index (χ1n) is 10.4. The number of carboxylic acids is 1. The number of ether oxygens (including phenoxy) is 2. The first kappa shape index (κ1) is 24.5. The van der Waals surface area contributed by atoms with E-state index in [-0.39, 0.29) is 19.2 Å². The van der Waals surface area contributed by atoms with Crippen LogP contribution in [0.3, 0.4) is 0 Å². The Kier molecular flexibility index (Phi) is 9.34. The van der Waals surface area contributed by atoms with Crippen LogP contribution in [0, 0.1) is 0 Å². The van der Waals surface area contributed by atoms with Gasteiger partial charge in [0, 0.05) is 19.3 Å². The third kappa shape index (κ3) is 7.19. The van der Waals surface area contributed by atoms with E-state index in [9.17, 15) is 19.5 Å². The summed E-state index contributed by atoms with van der Waals surface area (Å²) in [4.78, 5) is 36.3. The molecule has 0 heterocycles. The third-order valence-corrected chi connectivity index (χ3v) is 4.54. The third-order valence-electron chi connectivity index (χ3n) is 4.54. The van der Waals surface area contributed by atoms with Crippen molar-refractivity contribution in [3.05, 3.63) is 48.5 Å². The summed E-state index contributed by atoms with van der Waals surface area (Å²) in [6.45, 7) is 4.11. The number of nitrogens with one attached hydrogen (secondary N) is 2. The normalized spacial score (nSPS) is 11.2. The predicted molar refractivity (Wildman–Crippen MR) is 121 cm³/mol. The maximum atomic E-state index is 11.9. The van der Waals surface area contributed by atoms with E-state index < -0.39 is 18.1 Å². The van der Waals surface area contributed by atoms with Crippen LogP contribution in [-0.4, -0.2) is 60.9 Å². The second-order valence-electron chi connectivity index (χ2n) is 6.96. The number of amides is 3. The van der Waals surface area contributed by atoms with Crippen molar-refractivity contribution in [1.82, 2.24) is 10.2 Å². The number of carbonyl (C=O) groups excluding carboxylic acids is 2. The smallest absolute Gasteiger partial charge is 0.410 e. The molecule has 9 nitrogen and oxygen atoms in total. The monoisotopic (exact) mass is 443 g/mol. The zero-order valence-corrected chi connectivity index (χ0v) is 18.5. The fraction of sp³-hybridized carbons (Fsp3) is 0.348. The molecule has 0 aromatic heterocycles. The number of carboxylic acid groups (broad SMARTS) is 1. The number of benzene rings is 2. The number of hydrogen-bond donors (Lipinski definition) is 3. The fourth-order valence-electron chi connectivity index (χ4n) is 2.83. The van der Waals surface area contributed by atoms with Gasteiger partial charge in [-0.2, -0.15) is 0 Å². The van der Waals surface area contributed by atoms with Gasteiger partial charge in [-0.25, -0.2) is 14.4 Å². The molecule has 0 spiro atoms. The molecule has 32 heavy (non-hydrogen) atoms. The number of rotatable bonds is 10. The number of carbonyl (C=O) groups is 3. The molecule has 2 aromatic rings. The van der Waals surface area contributed by atoms with Crippen molar-refractivity contribution in [3.63, 3.8) is 0 Å². The number of anilines is 1. The van der Waals surface area contributed by atoms with Crippen LogP contribution in [0.5, 0.6) is 5.75 Å². The topological polar surface area (TPSA) is 117 Å². The van der Waals surface area contributed by atoms with Gasteiger partial charge in [-0.05, 0) is 48.7 Å². The van der Waals surface area contributed by atoms with E-state index in [1.54, 1.807) is 31.2 Å². The minimum Gasteiger partial charge on any atom is -0.491 e. The van der Waals surface area contributed by atoms with Crippen LogP contribution >= 0.6 is 0 Å². The van der Waals surface area contributed by atoms with Gasteiger partial charge in [-0.1, -0.05) is 31.2 Å². The molecule has 0 radical (unpaired) electrons. The molecule has 2 rings (SSSR count). The summed E-state index contributed by atoms with van der Waals surface area (Å²) in [7, 11) is 1.35. The number of likely N-dealkylation sites (N-methyl/N-ethyl adjacent to an activating group) is 1.